The second-order valence-corrected chi connectivity index (χ2v) is 5.02. The number of halogens is 1. The van der Waals surface area contributed by atoms with Gasteiger partial charge in [-0.05, 0) is 42.7 Å². The monoisotopic (exact) mass is 303 g/mol. The maximum absolute atomic E-state index is 9.96. The van der Waals surface area contributed by atoms with Crippen molar-refractivity contribution >= 4 is 15.9 Å². The maximum Gasteiger partial charge on any atom is 0.0738 e. The lowest BCUT2D eigenvalue weighted by atomic mass is 10.2. The number of rotatable bonds is 7. The molecule has 0 radical (unpaired) electrons. The van der Waals surface area contributed by atoms with E-state index in [0.717, 1.165) is 35.4 Å². The first-order chi connectivity index (χ1) is 8.10. The van der Waals surface area contributed by atoms with Crippen LogP contribution in [-0.2, 0) is 13.0 Å². The smallest absolute Gasteiger partial charge is 0.0738 e. The average Bonchev–Trinajstić information content (AvgIpc) is 2.57. The van der Waals surface area contributed by atoms with Crippen molar-refractivity contribution in [1.82, 2.24) is 15.1 Å². The van der Waals surface area contributed by atoms with E-state index in [9.17, 15) is 5.11 Å². The van der Waals surface area contributed by atoms with Crippen LogP contribution in [0.25, 0.3) is 0 Å². The Morgan fingerprint density at radius 1 is 1.47 bits per heavy atom. The SMILES string of the molecule is CCCNCC(O)Cc1c(Br)c(C)nn1CC. The van der Waals surface area contributed by atoms with E-state index in [1.54, 1.807) is 0 Å². The molecule has 1 unspecified atom stereocenters. The molecule has 0 aliphatic carbocycles. The summed E-state index contributed by atoms with van der Waals surface area (Å²) in [5, 5.41) is 17.6. The maximum atomic E-state index is 9.96. The largest absolute Gasteiger partial charge is 0.391 e. The zero-order valence-electron chi connectivity index (χ0n) is 10.8. The van der Waals surface area contributed by atoms with E-state index in [1.165, 1.54) is 0 Å². The summed E-state index contributed by atoms with van der Waals surface area (Å²) in [4.78, 5) is 0. The second kappa shape index (κ2) is 7.13. The Balaban J connectivity index is 2.60. The zero-order valence-corrected chi connectivity index (χ0v) is 12.4. The molecule has 5 heteroatoms. The minimum atomic E-state index is -0.362. The summed E-state index contributed by atoms with van der Waals surface area (Å²) in [7, 11) is 0. The van der Waals surface area contributed by atoms with Crippen LogP contribution in [-0.4, -0.2) is 34.1 Å². The third kappa shape index (κ3) is 4.08. The van der Waals surface area contributed by atoms with Crippen molar-refractivity contribution in [3.05, 3.63) is 15.9 Å². The summed E-state index contributed by atoms with van der Waals surface area (Å²) in [6.07, 6.45) is 1.35. The number of aliphatic hydroxyl groups excluding tert-OH is 1. The van der Waals surface area contributed by atoms with Crippen molar-refractivity contribution in [2.24, 2.45) is 0 Å². The number of hydrogen-bond donors (Lipinski definition) is 2. The molecule has 0 aromatic carbocycles. The summed E-state index contributed by atoms with van der Waals surface area (Å²) >= 11 is 3.54. The minimum Gasteiger partial charge on any atom is -0.391 e. The Morgan fingerprint density at radius 2 is 2.18 bits per heavy atom. The van der Waals surface area contributed by atoms with Crippen molar-refractivity contribution in [3.63, 3.8) is 0 Å². The third-order valence-electron chi connectivity index (χ3n) is 2.69. The molecule has 0 aliphatic rings. The van der Waals surface area contributed by atoms with E-state index in [2.05, 4.69) is 40.2 Å². The highest BCUT2D eigenvalue weighted by molar-refractivity contribution is 9.10. The first-order valence-corrected chi connectivity index (χ1v) is 6.99. The molecule has 0 saturated carbocycles. The predicted octanol–water partition coefficient (Wildman–Crippen LogP) is 1.88. The van der Waals surface area contributed by atoms with Crippen molar-refractivity contribution in [3.8, 4) is 0 Å². The van der Waals surface area contributed by atoms with Crippen LogP contribution in [0.1, 0.15) is 31.7 Å². The predicted molar refractivity (Wildman–Crippen MR) is 73.2 cm³/mol. The summed E-state index contributed by atoms with van der Waals surface area (Å²) in [5.74, 6) is 0. The van der Waals surface area contributed by atoms with Gasteiger partial charge in [0.25, 0.3) is 0 Å². The van der Waals surface area contributed by atoms with Gasteiger partial charge >= 0.3 is 0 Å². The van der Waals surface area contributed by atoms with Gasteiger partial charge in [0.1, 0.15) is 0 Å². The molecular formula is C12H22BrN3O. The van der Waals surface area contributed by atoms with Crippen LogP contribution >= 0.6 is 15.9 Å². The normalized spacial score (nSPS) is 13.0. The molecule has 0 saturated heterocycles. The molecule has 17 heavy (non-hydrogen) atoms. The number of aromatic nitrogens is 2. The van der Waals surface area contributed by atoms with Crippen molar-refractivity contribution in [1.29, 1.82) is 0 Å². The van der Waals surface area contributed by atoms with Gasteiger partial charge in [-0.2, -0.15) is 5.10 Å². The number of hydrogen-bond acceptors (Lipinski definition) is 3. The van der Waals surface area contributed by atoms with E-state index in [1.807, 2.05) is 11.6 Å². The van der Waals surface area contributed by atoms with Crippen LogP contribution in [0.5, 0.6) is 0 Å². The molecule has 1 aromatic rings. The molecule has 0 spiro atoms. The third-order valence-corrected chi connectivity index (χ3v) is 3.72. The summed E-state index contributed by atoms with van der Waals surface area (Å²) in [5.41, 5.74) is 2.06. The Kier molecular flexibility index (Phi) is 6.16. The van der Waals surface area contributed by atoms with Gasteiger partial charge in [0, 0.05) is 19.5 Å². The Labute approximate surface area is 112 Å². The average molecular weight is 304 g/mol. The molecule has 98 valence electrons. The van der Waals surface area contributed by atoms with Crippen LogP contribution in [0.4, 0.5) is 0 Å². The Hall–Kier alpha value is -0.390. The highest BCUT2D eigenvalue weighted by atomic mass is 79.9. The van der Waals surface area contributed by atoms with E-state index >= 15 is 0 Å². The van der Waals surface area contributed by atoms with Gasteiger partial charge in [-0.3, -0.25) is 4.68 Å². The molecule has 0 amide bonds. The molecule has 1 atom stereocenters. The van der Waals surface area contributed by atoms with Crippen molar-refractivity contribution in [2.75, 3.05) is 13.1 Å². The molecule has 0 fully saturated rings. The van der Waals surface area contributed by atoms with E-state index in [0.29, 0.717) is 13.0 Å². The number of aryl methyl sites for hydroxylation is 2. The summed E-state index contributed by atoms with van der Waals surface area (Å²) in [6.45, 7) is 8.56. The van der Waals surface area contributed by atoms with Gasteiger partial charge in [-0.25, -0.2) is 0 Å². The molecule has 0 bridgehead atoms. The molecule has 2 N–H and O–H groups in total. The van der Waals surface area contributed by atoms with Gasteiger partial charge in [-0.15, -0.1) is 0 Å². The molecular weight excluding hydrogens is 282 g/mol. The van der Waals surface area contributed by atoms with Crippen LogP contribution in [0.2, 0.25) is 0 Å². The quantitative estimate of drug-likeness (QED) is 0.756. The van der Waals surface area contributed by atoms with Gasteiger partial charge < -0.3 is 10.4 Å². The fourth-order valence-corrected chi connectivity index (χ4v) is 2.25. The molecule has 4 nitrogen and oxygen atoms in total. The van der Waals surface area contributed by atoms with Gasteiger partial charge in [0.15, 0.2) is 0 Å². The van der Waals surface area contributed by atoms with E-state index < -0.39 is 0 Å². The van der Waals surface area contributed by atoms with Gasteiger partial charge in [0.05, 0.1) is 22.0 Å². The fourth-order valence-electron chi connectivity index (χ4n) is 1.80. The Bertz CT molecular complexity index is 352. The van der Waals surface area contributed by atoms with Crippen LogP contribution in [0, 0.1) is 6.92 Å². The topological polar surface area (TPSA) is 50.1 Å². The number of aliphatic hydroxyl groups is 1. The van der Waals surface area contributed by atoms with Gasteiger partial charge in [0.2, 0.25) is 0 Å². The minimum absolute atomic E-state index is 0.362. The molecule has 0 aliphatic heterocycles. The summed E-state index contributed by atoms with van der Waals surface area (Å²) in [6, 6.07) is 0. The highest BCUT2D eigenvalue weighted by Crippen LogP contribution is 2.22. The van der Waals surface area contributed by atoms with Crippen LogP contribution in [0.15, 0.2) is 4.47 Å². The van der Waals surface area contributed by atoms with Crippen molar-refractivity contribution in [2.45, 2.75) is 46.3 Å². The lowest BCUT2D eigenvalue weighted by Gasteiger charge is -2.12. The first-order valence-electron chi connectivity index (χ1n) is 6.20. The first kappa shape index (κ1) is 14.7. The number of nitrogens with zero attached hydrogens (tertiary/aromatic N) is 2. The lowest BCUT2D eigenvalue weighted by molar-refractivity contribution is 0.169. The van der Waals surface area contributed by atoms with Crippen LogP contribution < -0.4 is 5.32 Å². The second-order valence-electron chi connectivity index (χ2n) is 4.22. The fraction of sp³-hybridized carbons (Fsp3) is 0.750. The van der Waals surface area contributed by atoms with E-state index in [-0.39, 0.29) is 6.10 Å². The standard InChI is InChI=1S/C12H22BrN3O/c1-4-6-14-8-10(17)7-11-12(13)9(3)15-16(11)5-2/h10,14,17H,4-8H2,1-3H3. The summed E-state index contributed by atoms with van der Waals surface area (Å²) < 4.78 is 2.97. The lowest BCUT2D eigenvalue weighted by Crippen LogP contribution is -2.29. The van der Waals surface area contributed by atoms with Crippen molar-refractivity contribution < 1.29 is 5.11 Å². The van der Waals surface area contributed by atoms with E-state index in [4.69, 9.17) is 0 Å². The van der Waals surface area contributed by atoms with Crippen LogP contribution in [0.3, 0.4) is 0 Å². The molecule has 1 rings (SSSR count). The zero-order chi connectivity index (χ0) is 12.8. The molecule has 1 aromatic heterocycles. The Morgan fingerprint density at radius 3 is 2.76 bits per heavy atom. The highest BCUT2D eigenvalue weighted by Gasteiger charge is 2.15. The van der Waals surface area contributed by atoms with Gasteiger partial charge in [-0.1, -0.05) is 6.92 Å². The number of nitrogens with one attached hydrogen (secondary N) is 1. The molecule has 1 heterocycles.